The Morgan fingerprint density at radius 3 is 2.41 bits per heavy atom. The molecule has 0 amide bonds. The minimum atomic E-state index is -0.689. The number of esters is 1. The highest BCUT2D eigenvalue weighted by molar-refractivity contribution is 5.85. The SMILES string of the molecule is CCOC(=O)C(C)Oc1ccc(CNC(C)c2ccccc2)cc1OC.Cl. The summed E-state index contributed by atoms with van der Waals surface area (Å²) in [5.74, 6) is 0.720. The molecule has 2 rings (SSSR count). The normalized spacial score (nSPS) is 12.4. The third kappa shape index (κ3) is 6.77. The fraction of sp³-hybridized carbons (Fsp3) is 0.381. The molecule has 2 unspecified atom stereocenters. The minimum absolute atomic E-state index is 0. The lowest BCUT2D eigenvalue weighted by Crippen LogP contribution is -2.26. The number of halogens is 1. The van der Waals surface area contributed by atoms with E-state index in [1.165, 1.54) is 5.56 Å². The predicted octanol–water partition coefficient (Wildman–Crippen LogP) is 4.30. The average Bonchev–Trinajstić information content (AvgIpc) is 2.67. The van der Waals surface area contributed by atoms with Crippen LogP contribution in [-0.4, -0.2) is 25.8 Å². The van der Waals surface area contributed by atoms with Crippen molar-refractivity contribution < 1.29 is 19.0 Å². The molecule has 5 nitrogen and oxygen atoms in total. The van der Waals surface area contributed by atoms with Crippen molar-refractivity contribution in [3.63, 3.8) is 0 Å². The second kappa shape index (κ2) is 11.5. The van der Waals surface area contributed by atoms with Crippen LogP contribution in [0.15, 0.2) is 48.5 Å². The molecule has 148 valence electrons. The summed E-state index contributed by atoms with van der Waals surface area (Å²) in [7, 11) is 1.58. The molecular weight excluding hydrogens is 366 g/mol. The number of rotatable bonds is 9. The van der Waals surface area contributed by atoms with Crippen molar-refractivity contribution in [3.8, 4) is 11.5 Å². The molecule has 2 atom stereocenters. The number of ether oxygens (including phenoxy) is 3. The number of hydrogen-bond donors (Lipinski definition) is 1. The van der Waals surface area contributed by atoms with Gasteiger partial charge in [-0.15, -0.1) is 12.4 Å². The van der Waals surface area contributed by atoms with Gasteiger partial charge in [0, 0.05) is 12.6 Å². The zero-order valence-electron chi connectivity index (χ0n) is 16.2. The maximum atomic E-state index is 11.7. The van der Waals surface area contributed by atoms with E-state index >= 15 is 0 Å². The van der Waals surface area contributed by atoms with E-state index in [2.05, 4.69) is 24.4 Å². The van der Waals surface area contributed by atoms with Gasteiger partial charge in [-0.3, -0.25) is 0 Å². The van der Waals surface area contributed by atoms with Crippen molar-refractivity contribution >= 4 is 18.4 Å². The highest BCUT2D eigenvalue weighted by atomic mass is 35.5. The second-order valence-corrected chi connectivity index (χ2v) is 6.01. The summed E-state index contributed by atoms with van der Waals surface area (Å²) in [6.45, 7) is 6.58. The Kier molecular flexibility index (Phi) is 9.68. The van der Waals surface area contributed by atoms with E-state index in [1.54, 1.807) is 21.0 Å². The third-order valence-electron chi connectivity index (χ3n) is 4.06. The Bertz CT molecular complexity index is 709. The van der Waals surface area contributed by atoms with Crippen LogP contribution in [0.25, 0.3) is 0 Å². The molecule has 0 aromatic heterocycles. The van der Waals surface area contributed by atoms with Crippen LogP contribution in [0.2, 0.25) is 0 Å². The van der Waals surface area contributed by atoms with Crippen LogP contribution in [0.4, 0.5) is 0 Å². The molecule has 0 fully saturated rings. The maximum Gasteiger partial charge on any atom is 0.347 e. The maximum absolute atomic E-state index is 11.7. The molecule has 0 saturated heterocycles. The molecule has 0 aliphatic heterocycles. The van der Waals surface area contributed by atoms with Gasteiger partial charge in [-0.2, -0.15) is 0 Å². The van der Waals surface area contributed by atoms with E-state index < -0.39 is 12.1 Å². The molecule has 0 radical (unpaired) electrons. The van der Waals surface area contributed by atoms with Gasteiger partial charge in [0.2, 0.25) is 0 Å². The molecule has 0 aliphatic carbocycles. The molecule has 6 heteroatoms. The Labute approximate surface area is 167 Å². The van der Waals surface area contributed by atoms with Gasteiger partial charge in [0.05, 0.1) is 13.7 Å². The van der Waals surface area contributed by atoms with E-state index in [1.807, 2.05) is 36.4 Å². The Morgan fingerprint density at radius 2 is 1.78 bits per heavy atom. The van der Waals surface area contributed by atoms with Crippen molar-refractivity contribution in [2.24, 2.45) is 0 Å². The number of carbonyl (C=O) groups excluding carboxylic acids is 1. The number of benzene rings is 2. The summed E-state index contributed by atoms with van der Waals surface area (Å²) in [5, 5.41) is 3.49. The van der Waals surface area contributed by atoms with E-state index in [4.69, 9.17) is 14.2 Å². The van der Waals surface area contributed by atoms with E-state index in [0.717, 1.165) is 5.56 Å². The van der Waals surface area contributed by atoms with Crippen LogP contribution in [0, 0.1) is 0 Å². The van der Waals surface area contributed by atoms with Gasteiger partial charge in [-0.1, -0.05) is 36.4 Å². The Hall–Kier alpha value is -2.24. The molecule has 0 heterocycles. The van der Waals surface area contributed by atoms with Gasteiger partial charge in [0.25, 0.3) is 0 Å². The molecule has 0 bridgehead atoms. The third-order valence-corrected chi connectivity index (χ3v) is 4.06. The molecular formula is C21H28ClNO4. The standard InChI is InChI=1S/C21H27NO4.ClH/c1-5-25-21(23)16(3)26-19-12-11-17(13-20(19)24-4)14-22-15(2)18-9-7-6-8-10-18;/h6-13,15-16,22H,5,14H2,1-4H3;1H. The largest absolute Gasteiger partial charge is 0.493 e. The average molecular weight is 394 g/mol. The van der Waals surface area contributed by atoms with Crippen molar-refractivity contribution in [1.82, 2.24) is 5.32 Å². The highest BCUT2D eigenvalue weighted by Crippen LogP contribution is 2.29. The van der Waals surface area contributed by atoms with Crippen LogP contribution < -0.4 is 14.8 Å². The summed E-state index contributed by atoms with van der Waals surface area (Å²) in [6.07, 6.45) is -0.689. The lowest BCUT2D eigenvalue weighted by Gasteiger charge is -2.18. The second-order valence-electron chi connectivity index (χ2n) is 6.01. The zero-order chi connectivity index (χ0) is 18.9. The molecule has 27 heavy (non-hydrogen) atoms. The molecule has 0 saturated carbocycles. The molecule has 0 spiro atoms. The first-order valence-electron chi connectivity index (χ1n) is 8.83. The van der Waals surface area contributed by atoms with Gasteiger partial charge in [-0.25, -0.2) is 4.79 Å². The first-order valence-corrected chi connectivity index (χ1v) is 8.83. The van der Waals surface area contributed by atoms with Crippen molar-refractivity contribution in [2.75, 3.05) is 13.7 Å². The molecule has 1 N–H and O–H groups in total. The summed E-state index contributed by atoms with van der Waals surface area (Å²) < 4.78 is 16.1. The zero-order valence-corrected chi connectivity index (χ0v) is 17.0. The lowest BCUT2D eigenvalue weighted by molar-refractivity contribution is -0.150. The van der Waals surface area contributed by atoms with Crippen LogP contribution in [0.3, 0.4) is 0 Å². The monoisotopic (exact) mass is 393 g/mol. The van der Waals surface area contributed by atoms with Crippen molar-refractivity contribution in [1.29, 1.82) is 0 Å². The van der Waals surface area contributed by atoms with Crippen LogP contribution >= 0.6 is 12.4 Å². The minimum Gasteiger partial charge on any atom is -0.493 e. The summed E-state index contributed by atoms with van der Waals surface area (Å²) in [6, 6.07) is 16.2. The van der Waals surface area contributed by atoms with Gasteiger partial charge in [0.15, 0.2) is 17.6 Å². The quantitative estimate of drug-likeness (QED) is 0.644. The Morgan fingerprint density at radius 1 is 1.07 bits per heavy atom. The number of nitrogens with one attached hydrogen (secondary N) is 1. The molecule has 0 aliphatic rings. The van der Waals surface area contributed by atoms with Gasteiger partial charge in [-0.05, 0) is 44.0 Å². The fourth-order valence-corrected chi connectivity index (χ4v) is 2.55. The topological polar surface area (TPSA) is 56.8 Å². The van der Waals surface area contributed by atoms with Crippen molar-refractivity contribution in [3.05, 3.63) is 59.7 Å². The Balaban J connectivity index is 0.00000364. The van der Waals surface area contributed by atoms with Crippen molar-refractivity contribution in [2.45, 2.75) is 39.5 Å². The molecule has 2 aromatic carbocycles. The number of carbonyl (C=O) groups is 1. The first kappa shape index (κ1) is 22.8. The summed E-state index contributed by atoms with van der Waals surface area (Å²) in [4.78, 5) is 11.7. The van der Waals surface area contributed by atoms with E-state index in [-0.39, 0.29) is 18.4 Å². The van der Waals surface area contributed by atoms with Crippen LogP contribution in [-0.2, 0) is 16.1 Å². The van der Waals surface area contributed by atoms with Crippen LogP contribution in [0.5, 0.6) is 11.5 Å². The highest BCUT2D eigenvalue weighted by Gasteiger charge is 2.18. The summed E-state index contributed by atoms with van der Waals surface area (Å²) >= 11 is 0. The van der Waals surface area contributed by atoms with Gasteiger partial charge < -0.3 is 19.5 Å². The van der Waals surface area contributed by atoms with Gasteiger partial charge >= 0.3 is 5.97 Å². The first-order chi connectivity index (χ1) is 12.5. The van der Waals surface area contributed by atoms with E-state index in [9.17, 15) is 4.79 Å². The number of hydrogen-bond acceptors (Lipinski definition) is 5. The number of methoxy groups -OCH3 is 1. The summed E-state index contributed by atoms with van der Waals surface area (Å²) in [5.41, 5.74) is 2.31. The van der Waals surface area contributed by atoms with E-state index in [0.29, 0.717) is 24.7 Å². The predicted molar refractivity (Wildman–Crippen MR) is 109 cm³/mol. The van der Waals surface area contributed by atoms with Crippen LogP contribution in [0.1, 0.15) is 37.9 Å². The van der Waals surface area contributed by atoms with Gasteiger partial charge in [0.1, 0.15) is 0 Å². The lowest BCUT2D eigenvalue weighted by atomic mass is 10.1. The smallest absolute Gasteiger partial charge is 0.347 e. The fourth-order valence-electron chi connectivity index (χ4n) is 2.55. The molecule has 2 aromatic rings.